The third kappa shape index (κ3) is 5.25. The maximum absolute atomic E-state index is 13.0. The van der Waals surface area contributed by atoms with Crippen LogP contribution in [-0.4, -0.2) is 36.5 Å². The maximum Gasteiger partial charge on any atom is 0.239 e. The van der Waals surface area contributed by atoms with Crippen molar-refractivity contribution >= 4 is 34.8 Å². The van der Waals surface area contributed by atoms with E-state index in [0.717, 1.165) is 21.8 Å². The molecule has 2 N–H and O–H groups in total. The highest BCUT2D eigenvalue weighted by Crippen LogP contribution is 2.36. The molecule has 2 aromatic carbocycles. The number of halogens is 2. The molecule has 0 unspecified atom stereocenters. The fourth-order valence-corrected chi connectivity index (χ4v) is 4.40. The first-order valence-corrected chi connectivity index (χ1v) is 10.8. The number of amides is 1. The van der Waals surface area contributed by atoms with Gasteiger partial charge >= 0.3 is 0 Å². The number of nitrogens with zero attached hydrogens (tertiary/aromatic N) is 2. The second-order valence-electron chi connectivity index (χ2n) is 8.24. The summed E-state index contributed by atoms with van der Waals surface area (Å²) in [6.45, 7) is 8.08. The molecule has 6 heteroatoms. The molecule has 1 heterocycles. The molecule has 0 bridgehead atoms. The van der Waals surface area contributed by atoms with Crippen molar-refractivity contribution in [2.24, 2.45) is 11.7 Å². The second-order valence-corrected chi connectivity index (χ2v) is 9.08. The molecule has 1 aliphatic heterocycles. The van der Waals surface area contributed by atoms with E-state index in [1.165, 1.54) is 0 Å². The lowest BCUT2D eigenvalue weighted by Crippen LogP contribution is -2.54. The van der Waals surface area contributed by atoms with Gasteiger partial charge in [0.05, 0.1) is 22.8 Å². The van der Waals surface area contributed by atoms with Crippen LogP contribution >= 0.6 is 23.2 Å². The first-order chi connectivity index (χ1) is 13.8. The Morgan fingerprint density at radius 3 is 2.45 bits per heavy atom. The van der Waals surface area contributed by atoms with Crippen LogP contribution in [0.25, 0.3) is 0 Å². The number of benzene rings is 2. The third-order valence-electron chi connectivity index (χ3n) is 5.40. The van der Waals surface area contributed by atoms with Gasteiger partial charge in [-0.25, -0.2) is 0 Å². The fraction of sp³-hybridized carbons (Fsp3) is 0.435. The Balaban J connectivity index is 1.90. The first kappa shape index (κ1) is 21.9. The molecular formula is C23H29Cl2N3O. The normalized spacial score (nSPS) is 18.2. The zero-order valence-corrected chi connectivity index (χ0v) is 18.7. The summed E-state index contributed by atoms with van der Waals surface area (Å²) in [6.07, 6.45) is 0.689. The minimum absolute atomic E-state index is 0.0172. The van der Waals surface area contributed by atoms with Crippen LogP contribution in [0, 0.1) is 12.8 Å². The fourth-order valence-electron chi connectivity index (χ4n) is 3.93. The molecule has 29 heavy (non-hydrogen) atoms. The van der Waals surface area contributed by atoms with Crippen molar-refractivity contribution in [1.82, 2.24) is 4.90 Å². The SMILES string of the molecule is Cc1ccc(N2CCN(C(=O)[C@H](N)CC(C)C)C[C@H]2c2ccc(Cl)cc2)c(Cl)c1. The highest BCUT2D eigenvalue weighted by molar-refractivity contribution is 6.33. The van der Waals surface area contributed by atoms with Crippen LogP contribution in [-0.2, 0) is 4.79 Å². The number of rotatable bonds is 5. The maximum atomic E-state index is 13.0. The molecule has 2 aromatic rings. The van der Waals surface area contributed by atoms with E-state index in [1.807, 2.05) is 42.2 Å². The van der Waals surface area contributed by atoms with Crippen molar-refractivity contribution in [3.8, 4) is 0 Å². The largest absolute Gasteiger partial charge is 0.360 e. The number of nitrogens with two attached hydrogens (primary N) is 1. The van der Waals surface area contributed by atoms with E-state index in [4.69, 9.17) is 28.9 Å². The summed E-state index contributed by atoms with van der Waals surface area (Å²) in [6, 6.07) is 13.4. The van der Waals surface area contributed by atoms with Gasteiger partial charge in [-0.2, -0.15) is 0 Å². The van der Waals surface area contributed by atoms with Gasteiger partial charge in [-0.1, -0.05) is 55.2 Å². The number of anilines is 1. The van der Waals surface area contributed by atoms with Gasteiger partial charge in [-0.05, 0) is 54.7 Å². The molecule has 0 aliphatic carbocycles. The van der Waals surface area contributed by atoms with Crippen molar-refractivity contribution in [2.45, 2.75) is 39.3 Å². The Morgan fingerprint density at radius 1 is 1.14 bits per heavy atom. The minimum Gasteiger partial charge on any atom is -0.360 e. The highest BCUT2D eigenvalue weighted by Gasteiger charge is 2.33. The Morgan fingerprint density at radius 2 is 1.83 bits per heavy atom. The Bertz CT molecular complexity index is 854. The van der Waals surface area contributed by atoms with Gasteiger partial charge in [0.15, 0.2) is 0 Å². The van der Waals surface area contributed by atoms with E-state index in [-0.39, 0.29) is 11.9 Å². The zero-order valence-electron chi connectivity index (χ0n) is 17.2. The molecule has 3 rings (SSSR count). The number of piperazine rings is 1. The van der Waals surface area contributed by atoms with Crippen molar-refractivity contribution in [3.63, 3.8) is 0 Å². The van der Waals surface area contributed by atoms with Gasteiger partial charge in [0.25, 0.3) is 0 Å². The van der Waals surface area contributed by atoms with Crippen LogP contribution in [0.15, 0.2) is 42.5 Å². The standard InChI is InChI=1S/C23H29Cl2N3O/c1-15(2)12-20(26)23(29)27-10-11-28(21-9-4-16(3)13-19(21)25)22(14-27)17-5-7-18(24)8-6-17/h4-9,13,15,20,22H,10-12,14,26H2,1-3H3/t20-,22+/m1/s1. The molecule has 2 atom stereocenters. The average Bonchev–Trinajstić information content (AvgIpc) is 2.67. The van der Waals surface area contributed by atoms with Gasteiger partial charge in [0, 0.05) is 24.7 Å². The lowest BCUT2D eigenvalue weighted by atomic mass is 9.99. The summed E-state index contributed by atoms with van der Waals surface area (Å²) in [5.74, 6) is 0.404. The molecule has 4 nitrogen and oxygen atoms in total. The number of carbonyl (C=O) groups excluding carboxylic acids is 1. The van der Waals surface area contributed by atoms with E-state index in [1.54, 1.807) is 0 Å². The van der Waals surface area contributed by atoms with E-state index in [0.29, 0.717) is 37.0 Å². The van der Waals surface area contributed by atoms with Crippen LogP contribution in [0.5, 0.6) is 0 Å². The minimum atomic E-state index is -0.463. The number of hydrogen-bond acceptors (Lipinski definition) is 3. The van der Waals surface area contributed by atoms with E-state index >= 15 is 0 Å². The van der Waals surface area contributed by atoms with Gasteiger partial charge in [-0.15, -0.1) is 0 Å². The van der Waals surface area contributed by atoms with Crippen LogP contribution in [0.3, 0.4) is 0 Å². The molecule has 0 spiro atoms. The highest BCUT2D eigenvalue weighted by atomic mass is 35.5. The Kier molecular flexibility index (Phi) is 7.10. The summed E-state index contributed by atoms with van der Waals surface area (Å²) in [4.78, 5) is 17.1. The van der Waals surface area contributed by atoms with Gasteiger partial charge < -0.3 is 15.5 Å². The molecule has 1 fully saturated rings. The van der Waals surface area contributed by atoms with Crippen molar-refractivity contribution in [1.29, 1.82) is 0 Å². The van der Waals surface area contributed by atoms with Gasteiger partial charge in [-0.3, -0.25) is 4.79 Å². The van der Waals surface area contributed by atoms with Gasteiger partial charge in [0.1, 0.15) is 0 Å². The van der Waals surface area contributed by atoms with E-state index < -0.39 is 6.04 Å². The number of aryl methyl sites for hydroxylation is 1. The summed E-state index contributed by atoms with van der Waals surface area (Å²) < 4.78 is 0. The average molecular weight is 434 g/mol. The quantitative estimate of drug-likeness (QED) is 0.715. The Labute approximate surface area is 183 Å². The zero-order chi connectivity index (χ0) is 21.1. The molecule has 0 aromatic heterocycles. The summed E-state index contributed by atoms with van der Waals surface area (Å²) in [5.41, 5.74) is 9.40. The van der Waals surface area contributed by atoms with Crippen LogP contribution < -0.4 is 10.6 Å². The van der Waals surface area contributed by atoms with E-state index in [9.17, 15) is 4.79 Å². The van der Waals surface area contributed by atoms with E-state index in [2.05, 4.69) is 30.9 Å². The second kappa shape index (κ2) is 9.38. The molecule has 1 saturated heterocycles. The van der Waals surface area contributed by atoms with Crippen molar-refractivity contribution in [2.75, 3.05) is 24.5 Å². The van der Waals surface area contributed by atoms with Crippen LogP contribution in [0.4, 0.5) is 5.69 Å². The Hall–Kier alpha value is -1.75. The smallest absolute Gasteiger partial charge is 0.239 e. The van der Waals surface area contributed by atoms with Crippen molar-refractivity contribution < 1.29 is 4.79 Å². The predicted octanol–water partition coefficient (Wildman–Crippen LogP) is 5.07. The topological polar surface area (TPSA) is 49.6 Å². The lowest BCUT2D eigenvalue weighted by molar-refractivity contribution is -0.133. The monoisotopic (exact) mass is 433 g/mol. The molecule has 0 radical (unpaired) electrons. The molecule has 1 amide bonds. The summed E-state index contributed by atoms with van der Waals surface area (Å²) >= 11 is 12.7. The summed E-state index contributed by atoms with van der Waals surface area (Å²) in [7, 11) is 0. The van der Waals surface area contributed by atoms with Crippen LogP contribution in [0.1, 0.15) is 37.4 Å². The third-order valence-corrected chi connectivity index (χ3v) is 5.96. The number of hydrogen-bond donors (Lipinski definition) is 1. The van der Waals surface area contributed by atoms with Crippen molar-refractivity contribution in [3.05, 3.63) is 63.6 Å². The molecule has 156 valence electrons. The molecular weight excluding hydrogens is 405 g/mol. The lowest BCUT2D eigenvalue weighted by Gasteiger charge is -2.44. The first-order valence-electron chi connectivity index (χ1n) is 10.1. The van der Waals surface area contributed by atoms with Crippen LogP contribution in [0.2, 0.25) is 10.0 Å². The molecule has 0 saturated carbocycles. The predicted molar refractivity (Wildman–Crippen MR) is 122 cm³/mol. The molecule has 1 aliphatic rings. The summed E-state index contributed by atoms with van der Waals surface area (Å²) in [5, 5.41) is 1.41. The number of carbonyl (C=O) groups is 1. The van der Waals surface area contributed by atoms with Gasteiger partial charge in [0.2, 0.25) is 5.91 Å².